The molecule has 3 fully saturated rings. The molecule has 0 amide bonds. The van der Waals surface area contributed by atoms with Crippen LogP contribution in [0.2, 0.25) is 0 Å². The van der Waals surface area contributed by atoms with Gasteiger partial charge in [0.2, 0.25) is 11.7 Å². The van der Waals surface area contributed by atoms with Crippen LogP contribution < -0.4 is 0 Å². The summed E-state index contributed by atoms with van der Waals surface area (Å²) in [7, 11) is 0. The molecule has 2 aromatic rings. The smallest absolute Gasteiger partial charge is 0.227 e. The zero-order chi connectivity index (χ0) is 12.7. The summed E-state index contributed by atoms with van der Waals surface area (Å²) in [4.78, 5) is 8.20. The molecule has 0 saturated carbocycles. The van der Waals surface area contributed by atoms with Crippen molar-refractivity contribution in [2.75, 3.05) is 19.6 Å². The van der Waals surface area contributed by atoms with E-state index < -0.39 is 0 Å². The van der Waals surface area contributed by atoms with Gasteiger partial charge in [0.05, 0.1) is 4.88 Å². The highest BCUT2D eigenvalue weighted by atomic mass is 32.1. The topological polar surface area (TPSA) is 42.2 Å². The molecule has 100 valence electrons. The molecular weight excluding hydrogens is 258 g/mol. The fourth-order valence-electron chi connectivity index (χ4n) is 3.39. The van der Waals surface area contributed by atoms with Gasteiger partial charge in [-0.15, -0.1) is 11.3 Å². The van der Waals surface area contributed by atoms with E-state index in [2.05, 4.69) is 15.0 Å². The maximum Gasteiger partial charge on any atom is 0.227 e. The standard InChI is InChI=1S/C14H17N3OS/c1-2-12(19-7-1)14-15-13(18-16-14)8-11-9-17-5-3-10(11)4-6-17/h1-2,7,10-11H,3-6,8-9H2. The minimum absolute atomic E-state index is 0.708. The van der Waals surface area contributed by atoms with E-state index in [1.165, 1.54) is 32.5 Å². The van der Waals surface area contributed by atoms with Crippen molar-refractivity contribution in [2.24, 2.45) is 11.8 Å². The monoisotopic (exact) mass is 275 g/mol. The second kappa shape index (κ2) is 4.72. The Morgan fingerprint density at radius 2 is 2.26 bits per heavy atom. The lowest BCUT2D eigenvalue weighted by Crippen LogP contribution is -2.48. The Labute approximate surface area is 116 Å². The highest BCUT2D eigenvalue weighted by Crippen LogP contribution is 2.34. The van der Waals surface area contributed by atoms with Crippen molar-refractivity contribution in [1.82, 2.24) is 15.0 Å². The average Bonchev–Trinajstić information content (AvgIpc) is 3.10. The molecule has 5 heterocycles. The number of aromatic nitrogens is 2. The first-order valence-electron chi connectivity index (χ1n) is 6.97. The maximum absolute atomic E-state index is 5.43. The first-order valence-corrected chi connectivity index (χ1v) is 7.85. The van der Waals surface area contributed by atoms with E-state index in [0.717, 1.165) is 28.9 Å². The molecule has 2 bridgehead atoms. The van der Waals surface area contributed by atoms with Gasteiger partial charge in [-0.3, -0.25) is 0 Å². The zero-order valence-corrected chi connectivity index (χ0v) is 11.6. The van der Waals surface area contributed by atoms with E-state index in [4.69, 9.17) is 4.52 Å². The Kier molecular flexibility index (Phi) is 2.89. The third kappa shape index (κ3) is 2.21. The first-order chi connectivity index (χ1) is 9.38. The highest BCUT2D eigenvalue weighted by Gasteiger charge is 2.35. The van der Waals surface area contributed by atoms with Gasteiger partial charge in [-0.1, -0.05) is 11.2 Å². The van der Waals surface area contributed by atoms with Crippen molar-refractivity contribution >= 4 is 11.3 Å². The summed E-state index contributed by atoms with van der Waals surface area (Å²) >= 11 is 1.65. The lowest BCUT2D eigenvalue weighted by molar-refractivity contribution is 0.0473. The van der Waals surface area contributed by atoms with Crippen LogP contribution in [0, 0.1) is 11.8 Å². The van der Waals surface area contributed by atoms with Crippen LogP contribution in [0.15, 0.2) is 22.0 Å². The Morgan fingerprint density at radius 3 is 2.95 bits per heavy atom. The van der Waals surface area contributed by atoms with Gasteiger partial charge in [0.15, 0.2) is 0 Å². The number of piperidine rings is 3. The summed E-state index contributed by atoms with van der Waals surface area (Å²) in [6, 6.07) is 4.05. The normalized spacial score (nSPS) is 29.8. The van der Waals surface area contributed by atoms with E-state index in [9.17, 15) is 0 Å². The van der Waals surface area contributed by atoms with Crippen LogP contribution in [0.4, 0.5) is 0 Å². The minimum Gasteiger partial charge on any atom is -0.339 e. The molecule has 0 spiro atoms. The maximum atomic E-state index is 5.43. The molecule has 0 aromatic carbocycles. The number of hydrogen-bond acceptors (Lipinski definition) is 5. The second-order valence-electron chi connectivity index (χ2n) is 5.59. The number of rotatable bonds is 3. The van der Waals surface area contributed by atoms with Gasteiger partial charge in [-0.25, -0.2) is 0 Å². The predicted octanol–water partition coefficient (Wildman–Crippen LogP) is 2.68. The van der Waals surface area contributed by atoms with Gasteiger partial charge in [0.1, 0.15) is 0 Å². The lowest BCUT2D eigenvalue weighted by Gasteiger charge is -2.44. The molecule has 3 aliphatic rings. The summed E-state index contributed by atoms with van der Waals surface area (Å²) in [5, 5.41) is 6.14. The van der Waals surface area contributed by atoms with Gasteiger partial charge in [-0.2, -0.15) is 4.98 Å². The Bertz CT molecular complexity index is 543. The van der Waals surface area contributed by atoms with E-state index >= 15 is 0 Å². The highest BCUT2D eigenvalue weighted by molar-refractivity contribution is 7.13. The van der Waals surface area contributed by atoms with Crippen LogP contribution in [0.25, 0.3) is 10.7 Å². The molecule has 1 atom stereocenters. The molecule has 0 aliphatic carbocycles. The van der Waals surface area contributed by atoms with Crippen LogP contribution >= 0.6 is 11.3 Å². The van der Waals surface area contributed by atoms with Gasteiger partial charge in [0.25, 0.3) is 0 Å². The third-order valence-electron chi connectivity index (χ3n) is 4.44. The van der Waals surface area contributed by atoms with Crippen molar-refractivity contribution in [2.45, 2.75) is 19.3 Å². The second-order valence-corrected chi connectivity index (χ2v) is 6.54. The molecule has 3 aliphatic heterocycles. The molecule has 0 N–H and O–H groups in total. The summed E-state index contributed by atoms with van der Waals surface area (Å²) in [6.45, 7) is 3.78. The summed E-state index contributed by atoms with van der Waals surface area (Å²) in [5.41, 5.74) is 0. The Balaban J connectivity index is 1.48. The van der Waals surface area contributed by atoms with Crippen LogP contribution in [-0.2, 0) is 6.42 Å². The molecule has 0 radical (unpaired) electrons. The van der Waals surface area contributed by atoms with Crippen LogP contribution in [-0.4, -0.2) is 34.7 Å². The quantitative estimate of drug-likeness (QED) is 0.863. The van der Waals surface area contributed by atoms with E-state index in [1.807, 2.05) is 17.5 Å². The first kappa shape index (κ1) is 11.6. The summed E-state index contributed by atoms with van der Waals surface area (Å²) in [5.74, 6) is 3.12. The molecule has 5 heteroatoms. The summed E-state index contributed by atoms with van der Waals surface area (Å²) < 4.78 is 5.43. The molecule has 5 rings (SSSR count). The predicted molar refractivity (Wildman–Crippen MR) is 74.0 cm³/mol. The molecule has 2 aromatic heterocycles. The van der Waals surface area contributed by atoms with Gasteiger partial charge >= 0.3 is 0 Å². The number of nitrogens with zero attached hydrogens (tertiary/aromatic N) is 3. The van der Waals surface area contributed by atoms with Gasteiger partial charge in [-0.05, 0) is 49.2 Å². The molecule has 4 nitrogen and oxygen atoms in total. The van der Waals surface area contributed by atoms with Crippen LogP contribution in [0.1, 0.15) is 18.7 Å². The molecule has 3 saturated heterocycles. The van der Waals surface area contributed by atoms with Crippen molar-refractivity contribution in [3.05, 3.63) is 23.4 Å². The Morgan fingerprint density at radius 1 is 1.37 bits per heavy atom. The minimum atomic E-state index is 0.708. The van der Waals surface area contributed by atoms with Gasteiger partial charge < -0.3 is 9.42 Å². The fourth-order valence-corrected chi connectivity index (χ4v) is 4.04. The van der Waals surface area contributed by atoms with Crippen molar-refractivity contribution in [3.8, 4) is 10.7 Å². The average molecular weight is 275 g/mol. The van der Waals surface area contributed by atoms with E-state index in [0.29, 0.717) is 5.92 Å². The van der Waals surface area contributed by atoms with Gasteiger partial charge in [0, 0.05) is 13.0 Å². The zero-order valence-electron chi connectivity index (χ0n) is 10.8. The number of hydrogen-bond donors (Lipinski definition) is 0. The van der Waals surface area contributed by atoms with Crippen molar-refractivity contribution in [1.29, 1.82) is 0 Å². The van der Waals surface area contributed by atoms with Crippen LogP contribution in [0.5, 0.6) is 0 Å². The van der Waals surface area contributed by atoms with E-state index in [1.54, 1.807) is 11.3 Å². The Hall–Kier alpha value is -1.20. The SMILES string of the molecule is c1csc(-c2noc(CC3CN4CCC3CC4)n2)c1. The number of thiophene rings is 1. The third-order valence-corrected chi connectivity index (χ3v) is 5.30. The lowest BCUT2D eigenvalue weighted by atomic mass is 9.77. The number of fused-ring (bicyclic) bond motifs is 3. The fraction of sp³-hybridized carbons (Fsp3) is 0.571. The van der Waals surface area contributed by atoms with Crippen molar-refractivity contribution in [3.63, 3.8) is 0 Å². The van der Waals surface area contributed by atoms with E-state index in [-0.39, 0.29) is 0 Å². The molecule has 1 unspecified atom stereocenters. The molecule has 19 heavy (non-hydrogen) atoms. The largest absolute Gasteiger partial charge is 0.339 e. The molecular formula is C14H17N3OS. The summed E-state index contributed by atoms with van der Waals surface area (Å²) in [6.07, 6.45) is 3.63. The van der Waals surface area contributed by atoms with Crippen LogP contribution in [0.3, 0.4) is 0 Å². The van der Waals surface area contributed by atoms with Crippen molar-refractivity contribution < 1.29 is 4.52 Å².